The Labute approximate surface area is 137 Å². The minimum atomic E-state index is -0.213. The van der Waals surface area contributed by atoms with Crippen LogP contribution in [0.3, 0.4) is 0 Å². The average molecular weight is 318 g/mol. The molecule has 0 heterocycles. The highest BCUT2D eigenvalue weighted by Crippen LogP contribution is 2.41. The maximum Gasteiger partial charge on any atom is 0.203 e. The molecule has 0 aliphatic carbocycles. The second kappa shape index (κ2) is 7.86. The second-order valence-corrected chi connectivity index (χ2v) is 5.46. The minimum Gasteiger partial charge on any atom is -0.493 e. The van der Waals surface area contributed by atoms with E-state index in [2.05, 4.69) is 0 Å². The van der Waals surface area contributed by atoms with E-state index in [-0.39, 0.29) is 5.82 Å². The highest BCUT2D eigenvalue weighted by Gasteiger charge is 2.16. The summed E-state index contributed by atoms with van der Waals surface area (Å²) in [6, 6.07) is 8.50. The number of hydrogen-bond donors (Lipinski definition) is 0. The molecule has 2 aromatic carbocycles. The van der Waals surface area contributed by atoms with Crippen LogP contribution in [0.2, 0.25) is 0 Å². The van der Waals surface area contributed by atoms with Crippen molar-refractivity contribution in [2.75, 3.05) is 20.8 Å². The molecule has 0 atom stereocenters. The lowest BCUT2D eigenvalue weighted by Crippen LogP contribution is -2.04. The van der Waals surface area contributed by atoms with Crippen LogP contribution in [0.1, 0.15) is 23.1 Å². The third-order valence-corrected chi connectivity index (χ3v) is 3.90. The molecule has 0 unspecified atom stereocenters. The van der Waals surface area contributed by atoms with Gasteiger partial charge in [-0.05, 0) is 61.6 Å². The number of hydrogen-bond acceptors (Lipinski definition) is 3. The van der Waals surface area contributed by atoms with Crippen LogP contribution in [-0.2, 0) is 6.42 Å². The second-order valence-electron chi connectivity index (χ2n) is 5.46. The van der Waals surface area contributed by atoms with E-state index >= 15 is 0 Å². The van der Waals surface area contributed by atoms with Crippen molar-refractivity contribution in [2.45, 2.75) is 26.7 Å². The van der Waals surface area contributed by atoms with E-state index in [1.54, 1.807) is 26.4 Å². The summed E-state index contributed by atoms with van der Waals surface area (Å²) in [5.74, 6) is 1.81. The summed E-state index contributed by atoms with van der Waals surface area (Å²) in [5, 5.41) is 0. The lowest BCUT2D eigenvalue weighted by atomic mass is 10.1. The van der Waals surface area contributed by atoms with Crippen LogP contribution in [0.25, 0.3) is 0 Å². The summed E-state index contributed by atoms with van der Waals surface area (Å²) in [6.45, 7) is 4.55. The van der Waals surface area contributed by atoms with Gasteiger partial charge >= 0.3 is 0 Å². The average Bonchev–Trinajstić information content (AvgIpc) is 2.56. The van der Waals surface area contributed by atoms with Gasteiger partial charge in [0.15, 0.2) is 11.5 Å². The van der Waals surface area contributed by atoms with E-state index in [0.717, 1.165) is 29.5 Å². The quantitative estimate of drug-likeness (QED) is 0.705. The smallest absolute Gasteiger partial charge is 0.203 e. The standard InChI is InChI=1S/C19H23FO3/c1-13-12-17(21-3)19(18(22-4)14(13)2)23-11-5-6-15-7-9-16(20)10-8-15/h7-10,12H,5-6,11H2,1-4H3. The summed E-state index contributed by atoms with van der Waals surface area (Å²) < 4.78 is 29.7. The lowest BCUT2D eigenvalue weighted by molar-refractivity contribution is 0.270. The Morgan fingerprint density at radius 3 is 2.26 bits per heavy atom. The van der Waals surface area contributed by atoms with Crippen molar-refractivity contribution in [3.63, 3.8) is 0 Å². The zero-order valence-electron chi connectivity index (χ0n) is 14.1. The number of rotatable bonds is 7. The molecule has 2 rings (SSSR count). The molecule has 4 heteroatoms. The van der Waals surface area contributed by atoms with E-state index in [0.29, 0.717) is 23.9 Å². The third-order valence-electron chi connectivity index (χ3n) is 3.90. The van der Waals surface area contributed by atoms with Gasteiger partial charge in [-0.2, -0.15) is 0 Å². The molecular weight excluding hydrogens is 295 g/mol. The number of halogens is 1. The molecule has 0 radical (unpaired) electrons. The van der Waals surface area contributed by atoms with Crippen molar-refractivity contribution in [1.82, 2.24) is 0 Å². The van der Waals surface area contributed by atoms with E-state index in [9.17, 15) is 4.39 Å². The van der Waals surface area contributed by atoms with Gasteiger partial charge in [-0.25, -0.2) is 4.39 Å². The first kappa shape index (κ1) is 17.1. The Morgan fingerprint density at radius 2 is 1.65 bits per heavy atom. The third kappa shape index (κ3) is 4.15. The highest BCUT2D eigenvalue weighted by atomic mass is 19.1. The summed E-state index contributed by atoms with van der Waals surface area (Å²) in [4.78, 5) is 0. The molecule has 0 aliphatic rings. The van der Waals surface area contributed by atoms with Gasteiger partial charge in [0.2, 0.25) is 5.75 Å². The van der Waals surface area contributed by atoms with E-state index in [1.165, 1.54) is 12.1 Å². The topological polar surface area (TPSA) is 27.7 Å². The van der Waals surface area contributed by atoms with Gasteiger partial charge in [0.25, 0.3) is 0 Å². The Kier molecular flexibility index (Phi) is 5.85. The first-order valence-electron chi connectivity index (χ1n) is 7.66. The van der Waals surface area contributed by atoms with E-state index in [1.807, 2.05) is 19.9 Å². The number of aryl methyl sites for hydroxylation is 2. The molecule has 0 aromatic heterocycles. The molecule has 124 valence electrons. The summed E-state index contributed by atoms with van der Waals surface area (Å²) >= 11 is 0. The first-order valence-corrected chi connectivity index (χ1v) is 7.66. The van der Waals surface area contributed by atoms with Gasteiger partial charge in [0, 0.05) is 0 Å². The summed E-state index contributed by atoms with van der Waals surface area (Å²) in [7, 11) is 3.25. The largest absolute Gasteiger partial charge is 0.493 e. The van der Waals surface area contributed by atoms with Gasteiger partial charge in [-0.15, -0.1) is 0 Å². The number of ether oxygens (including phenoxy) is 3. The highest BCUT2D eigenvalue weighted by molar-refractivity contribution is 5.58. The van der Waals surface area contributed by atoms with Crippen molar-refractivity contribution in [1.29, 1.82) is 0 Å². The van der Waals surface area contributed by atoms with Crippen LogP contribution in [0.5, 0.6) is 17.2 Å². The SMILES string of the molecule is COc1cc(C)c(C)c(OC)c1OCCCc1ccc(F)cc1. The maximum absolute atomic E-state index is 12.9. The van der Waals surface area contributed by atoms with Crippen LogP contribution in [-0.4, -0.2) is 20.8 Å². The van der Waals surface area contributed by atoms with Crippen LogP contribution in [0.4, 0.5) is 4.39 Å². The van der Waals surface area contributed by atoms with Crippen LogP contribution in [0, 0.1) is 19.7 Å². The monoisotopic (exact) mass is 318 g/mol. The fourth-order valence-corrected chi connectivity index (χ4v) is 2.47. The van der Waals surface area contributed by atoms with Crippen molar-refractivity contribution < 1.29 is 18.6 Å². The molecule has 0 aliphatic heterocycles. The molecule has 0 spiro atoms. The normalized spacial score (nSPS) is 10.5. The molecule has 0 saturated carbocycles. The Hall–Kier alpha value is -2.23. The fraction of sp³-hybridized carbons (Fsp3) is 0.368. The van der Waals surface area contributed by atoms with E-state index in [4.69, 9.17) is 14.2 Å². The molecule has 0 N–H and O–H groups in total. The summed E-state index contributed by atoms with van der Waals surface area (Å²) in [6.07, 6.45) is 1.65. The van der Waals surface area contributed by atoms with Gasteiger partial charge in [-0.1, -0.05) is 12.1 Å². The van der Waals surface area contributed by atoms with E-state index < -0.39 is 0 Å². The predicted molar refractivity (Wildman–Crippen MR) is 89.2 cm³/mol. The summed E-state index contributed by atoms with van der Waals surface area (Å²) in [5.41, 5.74) is 3.23. The number of benzene rings is 2. The van der Waals surface area contributed by atoms with Crippen molar-refractivity contribution in [3.05, 3.63) is 52.8 Å². The minimum absolute atomic E-state index is 0.213. The zero-order valence-corrected chi connectivity index (χ0v) is 14.1. The van der Waals surface area contributed by atoms with Crippen molar-refractivity contribution in [3.8, 4) is 17.2 Å². The molecule has 0 amide bonds. The molecule has 3 nitrogen and oxygen atoms in total. The molecule has 0 saturated heterocycles. The maximum atomic E-state index is 12.9. The van der Waals surface area contributed by atoms with Crippen LogP contribution < -0.4 is 14.2 Å². The fourth-order valence-electron chi connectivity index (χ4n) is 2.47. The first-order chi connectivity index (χ1) is 11.1. The van der Waals surface area contributed by atoms with Gasteiger partial charge in [0.05, 0.1) is 20.8 Å². The van der Waals surface area contributed by atoms with Crippen molar-refractivity contribution in [2.24, 2.45) is 0 Å². The van der Waals surface area contributed by atoms with Crippen molar-refractivity contribution >= 4 is 0 Å². The van der Waals surface area contributed by atoms with Crippen LogP contribution in [0.15, 0.2) is 30.3 Å². The molecule has 2 aromatic rings. The van der Waals surface area contributed by atoms with Crippen LogP contribution >= 0.6 is 0 Å². The Balaban J connectivity index is 2.02. The predicted octanol–water partition coefficient (Wildman–Crippen LogP) is 4.47. The van der Waals surface area contributed by atoms with Gasteiger partial charge in [-0.3, -0.25) is 0 Å². The van der Waals surface area contributed by atoms with Gasteiger partial charge < -0.3 is 14.2 Å². The Bertz CT molecular complexity index is 651. The van der Waals surface area contributed by atoms with Gasteiger partial charge in [0.1, 0.15) is 5.82 Å². The number of methoxy groups -OCH3 is 2. The Morgan fingerprint density at radius 1 is 0.957 bits per heavy atom. The molecule has 0 fully saturated rings. The molecule has 23 heavy (non-hydrogen) atoms. The molecular formula is C19H23FO3. The molecule has 0 bridgehead atoms. The lowest BCUT2D eigenvalue weighted by Gasteiger charge is -2.18. The zero-order chi connectivity index (χ0) is 16.8.